The zero-order valence-corrected chi connectivity index (χ0v) is 10.8. The van der Waals surface area contributed by atoms with E-state index in [-0.39, 0.29) is 0 Å². The van der Waals surface area contributed by atoms with Gasteiger partial charge < -0.3 is 9.84 Å². The summed E-state index contributed by atoms with van der Waals surface area (Å²) < 4.78 is 5.23. The van der Waals surface area contributed by atoms with Crippen LogP contribution in [0, 0.1) is 0 Å². The molecule has 1 N–H and O–H groups in total. The van der Waals surface area contributed by atoms with Crippen molar-refractivity contribution >= 4 is 0 Å². The second-order valence-electron chi connectivity index (χ2n) is 5.25. The van der Waals surface area contributed by atoms with Crippen LogP contribution in [-0.4, -0.2) is 23.9 Å². The molecule has 0 aliphatic carbocycles. The highest BCUT2D eigenvalue weighted by molar-refractivity contribution is 4.82. The molecule has 0 amide bonds. The zero-order chi connectivity index (χ0) is 11.7. The van der Waals surface area contributed by atoms with E-state index in [1.54, 1.807) is 0 Å². The Hall–Kier alpha value is -0.0800. The molecule has 2 nitrogen and oxygen atoms in total. The predicted molar refractivity (Wildman–Crippen MR) is 67.6 cm³/mol. The maximum Gasteiger partial charge on any atom is 0.0902 e. The lowest BCUT2D eigenvalue weighted by molar-refractivity contribution is 0.0171. The highest BCUT2D eigenvalue weighted by Gasteiger charge is 2.31. The van der Waals surface area contributed by atoms with Crippen molar-refractivity contribution in [2.75, 3.05) is 13.2 Å². The molecular formula is C14H28O2. The number of hydrogen-bond donors (Lipinski definition) is 1. The van der Waals surface area contributed by atoms with Crippen molar-refractivity contribution in [3.05, 3.63) is 0 Å². The third-order valence-corrected chi connectivity index (χ3v) is 3.58. The van der Waals surface area contributed by atoms with Gasteiger partial charge in [-0.25, -0.2) is 0 Å². The second kappa shape index (κ2) is 8.08. The Kier molecular flexibility index (Phi) is 7.06. The molecule has 1 fully saturated rings. The van der Waals surface area contributed by atoms with E-state index in [4.69, 9.17) is 4.74 Å². The zero-order valence-electron chi connectivity index (χ0n) is 10.8. The van der Waals surface area contributed by atoms with Crippen molar-refractivity contribution in [1.29, 1.82) is 0 Å². The third kappa shape index (κ3) is 5.86. The molecule has 0 bridgehead atoms. The van der Waals surface area contributed by atoms with E-state index in [1.165, 1.54) is 44.9 Å². The van der Waals surface area contributed by atoms with Gasteiger partial charge in [0.05, 0.1) is 12.2 Å². The van der Waals surface area contributed by atoms with Gasteiger partial charge in [0.1, 0.15) is 0 Å². The van der Waals surface area contributed by atoms with Gasteiger partial charge in [0.2, 0.25) is 0 Å². The standard InChI is InChI=1S/C14H28O2/c1-2-3-4-5-6-7-8-9-10-14(15)11-12-16-13-14/h15H,2-13H2,1H3. The van der Waals surface area contributed by atoms with Crippen LogP contribution in [0.25, 0.3) is 0 Å². The number of rotatable bonds is 9. The highest BCUT2D eigenvalue weighted by Crippen LogP contribution is 2.25. The lowest BCUT2D eigenvalue weighted by atomic mass is 9.95. The van der Waals surface area contributed by atoms with Crippen LogP contribution in [0.15, 0.2) is 0 Å². The van der Waals surface area contributed by atoms with E-state index in [0.717, 1.165) is 25.9 Å². The molecular weight excluding hydrogens is 200 g/mol. The van der Waals surface area contributed by atoms with Crippen LogP contribution < -0.4 is 0 Å². The number of ether oxygens (including phenoxy) is 1. The normalized spacial score (nSPS) is 25.1. The minimum Gasteiger partial charge on any atom is -0.387 e. The third-order valence-electron chi connectivity index (χ3n) is 3.58. The molecule has 1 rings (SSSR count). The molecule has 0 aromatic rings. The summed E-state index contributed by atoms with van der Waals surface area (Å²) in [4.78, 5) is 0. The fraction of sp³-hybridized carbons (Fsp3) is 1.00. The molecule has 16 heavy (non-hydrogen) atoms. The highest BCUT2D eigenvalue weighted by atomic mass is 16.5. The Morgan fingerprint density at radius 1 is 1.00 bits per heavy atom. The van der Waals surface area contributed by atoms with Gasteiger partial charge in [-0.15, -0.1) is 0 Å². The van der Waals surface area contributed by atoms with Gasteiger partial charge in [0.15, 0.2) is 0 Å². The molecule has 1 heterocycles. The molecule has 1 aliphatic rings. The first kappa shape index (κ1) is 14.0. The second-order valence-corrected chi connectivity index (χ2v) is 5.25. The molecule has 1 saturated heterocycles. The fourth-order valence-corrected chi connectivity index (χ4v) is 2.38. The molecule has 0 saturated carbocycles. The molecule has 0 aromatic carbocycles. The summed E-state index contributed by atoms with van der Waals surface area (Å²) >= 11 is 0. The van der Waals surface area contributed by atoms with Crippen LogP contribution in [0.3, 0.4) is 0 Å². The van der Waals surface area contributed by atoms with Crippen LogP contribution >= 0.6 is 0 Å². The Morgan fingerprint density at radius 3 is 2.19 bits per heavy atom. The molecule has 1 unspecified atom stereocenters. The Morgan fingerprint density at radius 2 is 1.62 bits per heavy atom. The Bertz CT molecular complexity index is 162. The average molecular weight is 228 g/mol. The van der Waals surface area contributed by atoms with E-state index >= 15 is 0 Å². The minimum atomic E-state index is -0.484. The quantitative estimate of drug-likeness (QED) is 0.610. The first-order valence-corrected chi connectivity index (χ1v) is 7.07. The van der Waals surface area contributed by atoms with E-state index in [9.17, 15) is 5.11 Å². The van der Waals surface area contributed by atoms with Gasteiger partial charge in [0.25, 0.3) is 0 Å². The summed E-state index contributed by atoms with van der Waals surface area (Å²) in [5, 5.41) is 10.0. The lowest BCUT2D eigenvalue weighted by Gasteiger charge is -2.19. The molecule has 0 spiro atoms. The largest absolute Gasteiger partial charge is 0.387 e. The smallest absolute Gasteiger partial charge is 0.0902 e. The van der Waals surface area contributed by atoms with Gasteiger partial charge in [-0.2, -0.15) is 0 Å². The van der Waals surface area contributed by atoms with Gasteiger partial charge in [-0.1, -0.05) is 58.3 Å². The summed E-state index contributed by atoms with van der Waals surface area (Å²) in [7, 11) is 0. The van der Waals surface area contributed by atoms with Crippen LogP contribution in [0.5, 0.6) is 0 Å². The Balaban J connectivity index is 1.84. The van der Waals surface area contributed by atoms with Crippen molar-refractivity contribution in [1.82, 2.24) is 0 Å². The monoisotopic (exact) mass is 228 g/mol. The first-order chi connectivity index (χ1) is 7.77. The first-order valence-electron chi connectivity index (χ1n) is 7.07. The molecule has 2 heteroatoms. The Labute approximate surface area is 100 Å². The minimum absolute atomic E-state index is 0.484. The van der Waals surface area contributed by atoms with Crippen molar-refractivity contribution in [2.24, 2.45) is 0 Å². The topological polar surface area (TPSA) is 29.5 Å². The van der Waals surface area contributed by atoms with Crippen molar-refractivity contribution in [2.45, 2.75) is 76.7 Å². The molecule has 0 radical (unpaired) electrons. The van der Waals surface area contributed by atoms with Crippen molar-refractivity contribution < 1.29 is 9.84 Å². The van der Waals surface area contributed by atoms with Crippen LogP contribution in [0.1, 0.15) is 71.1 Å². The summed E-state index contributed by atoms with van der Waals surface area (Å²) in [6.07, 6.45) is 12.4. The summed E-state index contributed by atoms with van der Waals surface area (Å²) in [6.45, 7) is 3.56. The molecule has 1 atom stereocenters. The van der Waals surface area contributed by atoms with Crippen molar-refractivity contribution in [3.8, 4) is 0 Å². The van der Waals surface area contributed by atoms with Gasteiger partial charge in [-0.05, 0) is 6.42 Å². The summed E-state index contributed by atoms with van der Waals surface area (Å²) in [5.41, 5.74) is -0.484. The van der Waals surface area contributed by atoms with E-state index in [1.807, 2.05) is 0 Å². The van der Waals surface area contributed by atoms with Gasteiger partial charge in [0, 0.05) is 13.0 Å². The number of aliphatic hydroxyl groups is 1. The van der Waals surface area contributed by atoms with Gasteiger partial charge in [-0.3, -0.25) is 0 Å². The maximum atomic E-state index is 10.0. The van der Waals surface area contributed by atoms with Crippen LogP contribution in [0.4, 0.5) is 0 Å². The molecule has 0 aromatic heterocycles. The average Bonchev–Trinajstić information content (AvgIpc) is 2.70. The molecule has 1 aliphatic heterocycles. The predicted octanol–water partition coefficient (Wildman–Crippen LogP) is 3.67. The number of unbranched alkanes of at least 4 members (excludes halogenated alkanes) is 7. The van der Waals surface area contributed by atoms with E-state index < -0.39 is 5.60 Å². The van der Waals surface area contributed by atoms with Gasteiger partial charge >= 0.3 is 0 Å². The van der Waals surface area contributed by atoms with Crippen LogP contribution in [0.2, 0.25) is 0 Å². The number of hydrogen-bond acceptors (Lipinski definition) is 2. The fourth-order valence-electron chi connectivity index (χ4n) is 2.38. The maximum absolute atomic E-state index is 10.0. The van der Waals surface area contributed by atoms with E-state index in [0.29, 0.717) is 6.61 Å². The SMILES string of the molecule is CCCCCCCCCCC1(O)CCOC1. The van der Waals surface area contributed by atoms with Crippen molar-refractivity contribution in [3.63, 3.8) is 0 Å². The summed E-state index contributed by atoms with van der Waals surface area (Å²) in [6, 6.07) is 0. The summed E-state index contributed by atoms with van der Waals surface area (Å²) in [5.74, 6) is 0. The van der Waals surface area contributed by atoms with Crippen LogP contribution in [-0.2, 0) is 4.74 Å². The van der Waals surface area contributed by atoms with E-state index in [2.05, 4.69) is 6.92 Å². The lowest BCUT2D eigenvalue weighted by Crippen LogP contribution is -2.28. The molecule has 96 valence electrons.